The Bertz CT molecular complexity index is 510. The number of sulfonamides is 1. The number of esters is 1. The largest absolute Gasteiger partial charge is 0.462 e. The number of aromatic nitrogens is 2. The second-order valence-corrected chi connectivity index (χ2v) is 5.24. The van der Waals surface area contributed by atoms with Crippen molar-refractivity contribution in [1.82, 2.24) is 14.9 Å². The van der Waals surface area contributed by atoms with E-state index in [1.165, 1.54) is 0 Å². The number of hydrogen-bond donors (Lipinski definition) is 3. The molecule has 102 valence electrons. The summed E-state index contributed by atoms with van der Waals surface area (Å²) in [6, 6.07) is -0.451. The minimum atomic E-state index is -3.87. The summed E-state index contributed by atoms with van der Waals surface area (Å²) in [5, 5.41) is 5.50. The fraction of sp³-hybridized carbons (Fsp3) is 0.556. The molecule has 0 bridgehead atoms. The van der Waals surface area contributed by atoms with Gasteiger partial charge < -0.3 is 10.5 Å². The summed E-state index contributed by atoms with van der Waals surface area (Å²) in [6.45, 7) is 3.52. The van der Waals surface area contributed by atoms with Crippen molar-refractivity contribution in [2.45, 2.75) is 24.9 Å². The summed E-state index contributed by atoms with van der Waals surface area (Å²) < 4.78 is 30.9. The van der Waals surface area contributed by atoms with Crippen molar-refractivity contribution in [3.8, 4) is 0 Å². The third-order valence-electron chi connectivity index (χ3n) is 2.08. The van der Waals surface area contributed by atoms with Crippen LogP contribution in [-0.4, -0.2) is 43.8 Å². The lowest BCUT2D eigenvalue weighted by Gasteiger charge is -2.11. The van der Waals surface area contributed by atoms with Gasteiger partial charge in [0.05, 0.1) is 12.8 Å². The first-order chi connectivity index (χ1) is 8.42. The standard InChI is InChI=1S/C9H16N4O4S/c1-3-17-9(14)7-5-11-12-8(7)18(15,16)13-6(2)4-10/h5-6,13H,3-4,10H2,1-2H3,(H,11,12)/t6-/m0/s1. The summed E-state index contributed by atoms with van der Waals surface area (Å²) in [6.07, 6.45) is 1.11. The van der Waals surface area contributed by atoms with E-state index < -0.39 is 22.0 Å². The molecular weight excluding hydrogens is 260 g/mol. The molecule has 0 aliphatic carbocycles. The van der Waals surface area contributed by atoms with E-state index in [4.69, 9.17) is 10.5 Å². The molecule has 9 heteroatoms. The highest BCUT2D eigenvalue weighted by molar-refractivity contribution is 7.89. The number of nitrogens with zero attached hydrogens (tertiary/aromatic N) is 1. The van der Waals surface area contributed by atoms with Crippen LogP contribution in [0.25, 0.3) is 0 Å². The van der Waals surface area contributed by atoms with E-state index in [-0.39, 0.29) is 23.7 Å². The van der Waals surface area contributed by atoms with Gasteiger partial charge in [0.25, 0.3) is 10.0 Å². The fourth-order valence-corrected chi connectivity index (χ4v) is 2.55. The fourth-order valence-electron chi connectivity index (χ4n) is 1.21. The van der Waals surface area contributed by atoms with Crippen LogP contribution in [0.3, 0.4) is 0 Å². The Balaban J connectivity index is 3.03. The molecule has 0 aliphatic heterocycles. The molecule has 0 saturated heterocycles. The van der Waals surface area contributed by atoms with Crippen LogP contribution in [0.5, 0.6) is 0 Å². The molecule has 0 fully saturated rings. The van der Waals surface area contributed by atoms with Crippen LogP contribution in [0.2, 0.25) is 0 Å². The lowest BCUT2D eigenvalue weighted by atomic mass is 10.4. The zero-order valence-electron chi connectivity index (χ0n) is 10.1. The van der Waals surface area contributed by atoms with Crippen molar-refractivity contribution in [3.05, 3.63) is 11.8 Å². The number of H-pyrrole nitrogens is 1. The first kappa shape index (κ1) is 14.6. The van der Waals surface area contributed by atoms with Gasteiger partial charge in [-0.1, -0.05) is 0 Å². The molecule has 0 unspecified atom stereocenters. The quantitative estimate of drug-likeness (QED) is 0.584. The number of aromatic amines is 1. The van der Waals surface area contributed by atoms with E-state index in [9.17, 15) is 13.2 Å². The predicted octanol–water partition coefficient (Wildman–Crippen LogP) is -0.788. The summed E-state index contributed by atoms with van der Waals surface area (Å²) in [5.74, 6) is -0.743. The van der Waals surface area contributed by atoms with Gasteiger partial charge in [0, 0.05) is 12.6 Å². The number of nitrogens with one attached hydrogen (secondary N) is 2. The molecule has 0 amide bonds. The van der Waals surface area contributed by atoms with E-state index in [2.05, 4.69) is 14.9 Å². The van der Waals surface area contributed by atoms with Crippen molar-refractivity contribution in [3.63, 3.8) is 0 Å². The van der Waals surface area contributed by atoms with Crippen LogP contribution in [0.4, 0.5) is 0 Å². The van der Waals surface area contributed by atoms with Crippen LogP contribution < -0.4 is 10.5 Å². The molecule has 0 aromatic carbocycles. The molecule has 18 heavy (non-hydrogen) atoms. The van der Waals surface area contributed by atoms with Gasteiger partial charge in [0.1, 0.15) is 5.56 Å². The Morgan fingerprint density at radius 2 is 2.33 bits per heavy atom. The minimum Gasteiger partial charge on any atom is -0.462 e. The van der Waals surface area contributed by atoms with Crippen molar-refractivity contribution in [2.24, 2.45) is 5.73 Å². The molecule has 1 aromatic heterocycles. The van der Waals surface area contributed by atoms with Gasteiger partial charge in [-0.15, -0.1) is 0 Å². The maximum Gasteiger partial charge on any atom is 0.342 e. The average Bonchev–Trinajstić information content (AvgIpc) is 2.78. The van der Waals surface area contributed by atoms with E-state index in [0.717, 1.165) is 6.20 Å². The van der Waals surface area contributed by atoms with Crippen molar-refractivity contribution in [1.29, 1.82) is 0 Å². The van der Waals surface area contributed by atoms with Crippen molar-refractivity contribution < 1.29 is 17.9 Å². The smallest absolute Gasteiger partial charge is 0.342 e. The van der Waals surface area contributed by atoms with E-state index >= 15 is 0 Å². The molecule has 8 nitrogen and oxygen atoms in total. The summed E-state index contributed by atoms with van der Waals surface area (Å²) in [5.41, 5.74) is 5.20. The predicted molar refractivity (Wildman–Crippen MR) is 63.4 cm³/mol. The molecule has 0 aliphatic rings. The molecule has 0 saturated carbocycles. The number of nitrogens with two attached hydrogens (primary N) is 1. The van der Waals surface area contributed by atoms with Gasteiger partial charge in [-0.05, 0) is 13.8 Å². The van der Waals surface area contributed by atoms with Gasteiger partial charge in [-0.3, -0.25) is 5.10 Å². The van der Waals surface area contributed by atoms with Crippen LogP contribution in [0, 0.1) is 0 Å². The highest BCUT2D eigenvalue weighted by Crippen LogP contribution is 2.13. The highest BCUT2D eigenvalue weighted by atomic mass is 32.2. The molecular formula is C9H16N4O4S. The normalized spacial score (nSPS) is 13.3. The van der Waals surface area contributed by atoms with E-state index in [1.807, 2.05) is 0 Å². The first-order valence-electron chi connectivity index (χ1n) is 5.35. The first-order valence-corrected chi connectivity index (χ1v) is 6.83. The maximum absolute atomic E-state index is 11.9. The maximum atomic E-state index is 11.9. The van der Waals surface area contributed by atoms with Gasteiger partial charge in [-0.2, -0.15) is 5.10 Å². The van der Waals surface area contributed by atoms with Crippen LogP contribution in [-0.2, 0) is 14.8 Å². The highest BCUT2D eigenvalue weighted by Gasteiger charge is 2.26. The third kappa shape index (κ3) is 3.28. The third-order valence-corrected chi connectivity index (χ3v) is 3.64. The Hall–Kier alpha value is -1.45. The number of ether oxygens (including phenoxy) is 1. The van der Waals surface area contributed by atoms with Crippen LogP contribution >= 0.6 is 0 Å². The molecule has 4 N–H and O–H groups in total. The Morgan fingerprint density at radius 3 is 2.89 bits per heavy atom. The van der Waals surface area contributed by atoms with Gasteiger partial charge in [0.15, 0.2) is 5.03 Å². The summed E-state index contributed by atoms with van der Waals surface area (Å²) in [4.78, 5) is 11.5. The zero-order chi connectivity index (χ0) is 13.8. The monoisotopic (exact) mass is 276 g/mol. The van der Waals surface area contributed by atoms with Crippen LogP contribution in [0.15, 0.2) is 11.2 Å². The number of carbonyl (C=O) groups excluding carboxylic acids is 1. The second-order valence-electron chi connectivity index (χ2n) is 3.59. The number of carbonyl (C=O) groups is 1. The van der Waals surface area contributed by atoms with E-state index in [1.54, 1.807) is 13.8 Å². The molecule has 1 heterocycles. The molecule has 1 atom stereocenters. The summed E-state index contributed by atoms with van der Waals surface area (Å²) in [7, 11) is -3.87. The number of rotatable bonds is 6. The summed E-state index contributed by atoms with van der Waals surface area (Å²) >= 11 is 0. The number of hydrogen-bond acceptors (Lipinski definition) is 6. The topological polar surface area (TPSA) is 127 Å². The van der Waals surface area contributed by atoms with Crippen molar-refractivity contribution in [2.75, 3.05) is 13.2 Å². The lowest BCUT2D eigenvalue weighted by Crippen LogP contribution is -2.38. The molecule has 0 radical (unpaired) electrons. The second kappa shape index (κ2) is 5.94. The average molecular weight is 276 g/mol. The molecule has 0 spiro atoms. The molecule has 1 rings (SSSR count). The van der Waals surface area contributed by atoms with Gasteiger partial charge >= 0.3 is 5.97 Å². The van der Waals surface area contributed by atoms with E-state index in [0.29, 0.717) is 0 Å². The van der Waals surface area contributed by atoms with Gasteiger partial charge in [-0.25, -0.2) is 17.9 Å². The zero-order valence-corrected chi connectivity index (χ0v) is 11.0. The van der Waals surface area contributed by atoms with Crippen molar-refractivity contribution >= 4 is 16.0 Å². The minimum absolute atomic E-state index is 0.131. The lowest BCUT2D eigenvalue weighted by molar-refractivity contribution is 0.0522. The SMILES string of the molecule is CCOC(=O)c1cn[nH]c1S(=O)(=O)N[C@@H](C)CN. The Labute approximate surface area is 105 Å². The Kier molecular flexibility index (Phi) is 4.82. The van der Waals surface area contributed by atoms with Gasteiger partial charge in [0.2, 0.25) is 0 Å². The van der Waals surface area contributed by atoms with Crippen LogP contribution in [0.1, 0.15) is 24.2 Å². The Morgan fingerprint density at radius 1 is 1.67 bits per heavy atom. The molecule has 1 aromatic rings.